The lowest BCUT2D eigenvalue weighted by atomic mass is 9.74. The number of phenols is 1. The highest BCUT2D eigenvalue weighted by Crippen LogP contribution is 2.46. The average Bonchev–Trinajstić information content (AvgIpc) is 3.63. The second kappa shape index (κ2) is 19.4. The maximum Gasteiger partial charge on any atom is 0.115 e. The first-order valence-corrected chi connectivity index (χ1v) is 16.9. The van der Waals surface area contributed by atoms with Crippen LogP contribution in [0.2, 0.25) is 0 Å². The molecule has 2 nitrogen and oxygen atoms in total. The number of hydrogen-bond donors (Lipinski definition) is 1. The van der Waals surface area contributed by atoms with Crippen molar-refractivity contribution in [3.63, 3.8) is 0 Å². The van der Waals surface area contributed by atoms with E-state index in [9.17, 15) is 5.11 Å². The van der Waals surface area contributed by atoms with Crippen LogP contribution in [0.4, 0.5) is 0 Å². The first-order chi connectivity index (χ1) is 23.6. The van der Waals surface area contributed by atoms with E-state index in [0.717, 1.165) is 11.1 Å². The van der Waals surface area contributed by atoms with Crippen LogP contribution in [-0.2, 0) is 5.41 Å². The number of aromatic nitrogens is 1. The summed E-state index contributed by atoms with van der Waals surface area (Å²) in [6, 6.07) is 41.0. The van der Waals surface area contributed by atoms with E-state index in [1.807, 2.05) is 49.5 Å². The zero-order chi connectivity index (χ0) is 35.6. The minimum atomic E-state index is 0.174. The van der Waals surface area contributed by atoms with Gasteiger partial charge >= 0.3 is 0 Å². The minimum absolute atomic E-state index is 0.174. The van der Waals surface area contributed by atoms with Crippen LogP contribution in [0.5, 0.6) is 5.75 Å². The van der Waals surface area contributed by atoms with Crippen LogP contribution >= 0.6 is 0 Å². The number of allylic oxidation sites excluding steroid dienone is 3. The van der Waals surface area contributed by atoms with Crippen LogP contribution in [0.1, 0.15) is 81.5 Å². The topological polar surface area (TPSA) is 33.1 Å². The van der Waals surface area contributed by atoms with Gasteiger partial charge in [-0.3, -0.25) is 4.98 Å². The highest BCUT2D eigenvalue weighted by atomic mass is 16.3. The molecule has 0 spiro atoms. The van der Waals surface area contributed by atoms with Gasteiger partial charge in [0.25, 0.3) is 0 Å². The molecule has 1 saturated carbocycles. The summed E-state index contributed by atoms with van der Waals surface area (Å²) >= 11 is 0. The van der Waals surface area contributed by atoms with E-state index in [1.54, 1.807) is 25.3 Å². The highest BCUT2D eigenvalue weighted by Gasteiger charge is 2.36. The summed E-state index contributed by atoms with van der Waals surface area (Å²) in [6.45, 7) is 20.1. The first-order valence-electron chi connectivity index (χ1n) is 16.9. The summed E-state index contributed by atoms with van der Waals surface area (Å²) in [5, 5.41) is 9.30. The zero-order valence-electron chi connectivity index (χ0n) is 29.7. The van der Waals surface area contributed by atoms with Gasteiger partial charge in [-0.1, -0.05) is 146 Å². The monoisotopic (exact) mass is 645 g/mol. The Hall–Kier alpha value is -5.39. The lowest BCUT2D eigenvalue weighted by Gasteiger charge is -2.30. The predicted octanol–water partition coefficient (Wildman–Crippen LogP) is 12.6. The molecule has 0 saturated heterocycles. The summed E-state index contributed by atoms with van der Waals surface area (Å²) in [7, 11) is 0. The zero-order valence-corrected chi connectivity index (χ0v) is 29.7. The maximum absolute atomic E-state index is 9.30. The van der Waals surface area contributed by atoms with Crippen molar-refractivity contribution in [1.82, 2.24) is 4.98 Å². The molecular formula is C47H51NO. The maximum atomic E-state index is 9.30. The van der Waals surface area contributed by atoms with Crippen LogP contribution in [0.25, 0.3) is 16.7 Å². The Morgan fingerprint density at radius 2 is 1.27 bits per heavy atom. The smallest absolute Gasteiger partial charge is 0.115 e. The molecule has 0 unspecified atom stereocenters. The largest absolute Gasteiger partial charge is 0.508 e. The first kappa shape index (κ1) is 38.1. The molecule has 1 aliphatic carbocycles. The molecule has 6 rings (SSSR count). The molecule has 0 amide bonds. The third-order valence-corrected chi connectivity index (χ3v) is 8.80. The molecule has 0 bridgehead atoms. The van der Waals surface area contributed by atoms with Crippen molar-refractivity contribution in [2.24, 2.45) is 0 Å². The Morgan fingerprint density at radius 3 is 1.71 bits per heavy atom. The number of phenolic OH excluding ortho intramolecular Hbond substituents is 1. The molecule has 1 fully saturated rings. The SMILES string of the molecule is C#CC.C=C(C)C(c1ccccc1)c1ccccc1.C=C(C)C1(c2ccc(O)cc2)CCCC1.C=C(C)c1cccc(-c2cccnc2)c1. The van der Waals surface area contributed by atoms with Crippen LogP contribution in [0, 0.1) is 12.3 Å². The molecule has 1 aliphatic rings. The summed E-state index contributed by atoms with van der Waals surface area (Å²) in [6.07, 6.45) is 13.2. The number of rotatable bonds is 7. The van der Waals surface area contributed by atoms with Crippen molar-refractivity contribution >= 4 is 5.57 Å². The number of aromatic hydroxyl groups is 1. The number of pyridine rings is 1. The highest BCUT2D eigenvalue weighted by molar-refractivity contribution is 5.70. The fraction of sp³-hybridized carbons (Fsp3) is 0.213. The van der Waals surface area contributed by atoms with Crippen molar-refractivity contribution in [3.8, 4) is 29.2 Å². The van der Waals surface area contributed by atoms with Gasteiger partial charge in [-0.2, -0.15) is 0 Å². The van der Waals surface area contributed by atoms with Crippen molar-refractivity contribution < 1.29 is 5.11 Å². The molecule has 1 heterocycles. The fourth-order valence-corrected chi connectivity index (χ4v) is 6.27. The standard InChI is InChI=1S/C16H16.C14H13N.C14H18O.C3H4/c1-13(2)16(14-9-5-3-6-10-14)15-11-7-4-8-12-15;1-11(2)12-5-3-6-13(9-12)14-7-4-8-15-10-14;1-11(2)14(9-3-4-10-14)12-5-7-13(15)8-6-12;1-3-2/h3-12,16H,1H2,2H3;3-10H,1H2,2H3;5-8,15H,1,3-4,9-10H2,2H3;1H,2H3. The molecule has 0 aliphatic heterocycles. The van der Waals surface area contributed by atoms with Crippen LogP contribution in [0.3, 0.4) is 0 Å². The summed E-state index contributed by atoms with van der Waals surface area (Å²) < 4.78 is 0. The minimum Gasteiger partial charge on any atom is -0.508 e. The summed E-state index contributed by atoms with van der Waals surface area (Å²) in [4.78, 5) is 4.11. The van der Waals surface area contributed by atoms with Crippen molar-refractivity contribution in [3.05, 3.63) is 187 Å². The summed E-state index contributed by atoms with van der Waals surface area (Å²) in [5.41, 5.74) is 11.1. The molecule has 5 aromatic rings. The Morgan fingerprint density at radius 1 is 0.735 bits per heavy atom. The van der Waals surface area contributed by atoms with E-state index in [-0.39, 0.29) is 5.41 Å². The van der Waals surface area contributed by atoms with Gasteiger partial charge in [0.1, 0.15) is 5.75 Å². The number of hydrogen-bond acceptors (Lipinski definition) is 2. The van der Waals surface area contributed by atoms with Gasteiger partial charge in [-0.25, -0.2) is 0 Å². The second-order valence-corrected chi connectivity index (χ2v) is 12.6. The van der Waals surface area contributed by atoms with Crippen molar-refractivity contribution in [2.75, 3.05) is 0 Å². The summed E-state index contributed by atoms with van der Waals surface area (Å²) in [5.74, 6) is 2.90. The lowest BCUT2D eigenvalue weighted by Crippen LogP contribution is -2.22. The van der Waals surface area contributed by atoms with Gasteiger partial charge in [0.2, 0.25) is 0 Å². The van der Waals surface area contributed by atoms with Crippen LogP contribution < -0.4 is 0 Å². The number of terminal acetylenes is 1. The van der Waals surface area contributed by atoms with E-state index in [2.05, 4.69) is 124 Å². The molecule has 0 atom stereocenters. The molecule has 0 radical (unpaired) electrons. The van der Waals surface area contributed by atoms with Crippen LogP contribution in [-0.4, -0.2) is 10.1 Å². The quantitative estimate of drug-likeness (QED) is 0.141. The third kappa shape index (κ3) is 11.1. The number of nitrogens with zero attached hydrogens (tertiary/aromatic N) is 1. The molecule has 250 valence electrons. The molecule has 1 N–H and O–H groups in total. The van der Waals surface area contributed by atoms with Gasteiger partial charge < -0.3 is 5.11 Å². The molecule has 49 heavy (non-hydrogen) atoms. The Balaban J connectivity index is 0.000000191. The van der Waals surface area contributed by atoms with Crippen molar-refractivity contribution in [1.29, 1.82) is 0 Å². The molecule has 1 aromatic heterocycles. The van der Waals surface area contributed by atoms with Gasteiger partial charge in [-0.05, 0) is 92.6 Å². The van der Waals surface area contributed by atoms with E-state index in [0.29, 0.717) is 11.7 Å². The van der Waals surface area contributed by atoms with Gasteiger partial charge in [0.15, 0.2) is 0 Å². The van der Waals surface area contributed by atoms with E-state index in [4.69, 9.17) is 0 Å². The molecule has 2 heteroatoms. The second-order valence-electron chi connectivity index (χ2n) is 12.6. The van der Waals surface area contributed by atoms with Crippen LogP contribution in [0.15, 0.2) is 165 Å². The number of benzene rings is 4. The molecular weight excluding hydrogens is 595 g/mol. The average molecular weight is 646 g/mol. The predicted molar refractivity (Wildman–Crippen MR) is 211 cm³/mol. The fourth-order valence-electron chi connectivity index (χ4n) is 6.27. The molecule has 4 aromatic carbocycles. The van der Waals surface area contributed by atoms with Gasteiger partial charge in [0.05, 0.1) is 0 Å². The Kier molecular flexibility index (Phi) is 15.1. The van der Waals surface area contributed by atoms with Crippen molar-refractivity contribution in [2.45, 2.75) is 64.7 Å². The normalized spacial score (nSPS) is 12.4. The van der Waals surface area contributed by atoms with E-state index >= 15 is 0 Å². The van der Waals surface area contributed by atoms with E-state index in [1.165, 1.54) is 64.6 Å². The Labute approximate surface area is 295 Å². The Bertz CT molecular complexity index is 1750. The van der Waals surface area contributed by atoms with E-state index < -0.39 is 0 Å². The van der Waals surface area contributed by atoms with Gasteiger partial charge in [0, 0.05) is 29.3 Å². The third-order valence-electron chi connectivity index (χ3n) is 8.80. The lowest BCUT2D eigenvalue weighted by molar-refractivity contribution is 0.472. The van der Waals surface area contributed by atoms with Gasteiger partial charge in [-0.15, -0.1) is 12.3 Å².